The Labute approximate surface area is 243 Å². The first-order valence-electron chi connectivity index (χ1n) is 12.3. The maximum absolute atomic E-state index is 13.9. The second-order valence-electron chi connectivity index (χ2n) is 8.80. The van der Waals surface area contributed by atoms with Gasteiger partial charge in [0.05, 0.1) is 39.1 Å². The Hall–Kier alpha value is -3.70. The van der Waals surface area contributed by atoms with E-state index in [1.165, 1.54) is 11.3 Å². The molecule has 4 aromatic rings. The number of fused-ring (bicyclic) bond motifs is 1. The van der Waals surface area contributed by atoms with Gasteiger partial charge in [-0.3, -0.25) is 14.2 Å². The highest BCUT2D eigenvalue weighted by atomic mass is 127. The Morgan fingerprint density at radius 1 is 1.13 bits per heavy atom. The van der Waals surface area contributed by atoms with E-state index >= 15 is 0 Å². The zero-order chi connectivity index (χ0) is 27.5. The first kappa shape index (κ1) is 26.9. The molecule has 39 heavy (non-hydrogen) atoms. The summed E-state index contributed by atoms with van der Waals surface area (Å²) in [5, 5.41) is 2.97. The minimum absolute atomic E-state index is 0.207. The molecule has 3 aromatic carbocycles. The molecule has 2 heterocycles. The average molecular weight is 652 g/mol. The average Bonchev–Trinajstić information content (AvgIpc) is 3.23. The van der Waals surface area contributed by atoms with Crippen molar-refractivity contribution in [2.24, 2.45) is 4.99 Å². The van der Waals surface area contributed by atoms with E-state index in [4.69, 9.17) is 14.5 Å². The Bertz CT molecular complexity index is 1740. The number of benzene rings is 3. The zero-order valence-electron chi connectivity index (χ0n) is 21.6. The van der Waals surface area contributed by atoms with Crippen LogP contribution in [0.3, 0.4) is 0 Å². The molecule has 0 radical (unpaired) electrons. The minimum Gasteiger partial charge on any atom is -0.496 e. The van der Waals surface area contributed by atoms with Crippen LogP contribution in [0.1, 0.15) is 31.0 Å². The number of amides is 1. The lowest BCUT2D eigenvalue weighted by Crippen LogP contribution is -2.40. The molecule has 0 bridgehead atoms. The van der Waals surface area contributed by atoms with E-state index in [0.29, 0.717) is 32.9 Å². The summed E-state index contributed by atoms with van der Waals surface area (Å²) >= 11 is 3.52. The fourth-order valence-corrected chi connectivity index (χ4v) is 6.29. The number of para-hydroxylation sites is 1. The van der Waals surface area contributed by atoms with Gasteiger partial charge in [0.15, 0.2) is 4.80 Å². The van der Waals surface area contributed by atoms with Gasteiger partial charge in [-0.2, -0.15) is 0 Å². The Morgan fingerprint density at radius 2 is 1.87 bits per heavy atom. The Morgan fingerprint density at radius 3 is 2.54 bits per heavy atom. The van der Waals surface area contributed by atoms with Gasteiger partial charge >= 0.3 is 0 Å². The van der Waals surface area contributed by atoms with Gasteiger partial charge in [0, 0.05) is 5.69 Å². The van der Waals surface area contributed by atoms with Crippen LogP contribution < -0.4 is 29.7 Å². The summed E-state index contributed by atoms with van der Waals surface area (Å²) < 4.78 is 14.1. The molecule has 1 amide bonds. The molecule has 1 atom stereocenters. The minimum atomic E-state index is -0.654. The molecule has 1 aliphatic heterocycles. The van der Waals surface area contributed by atoms with Crippen LogP contribution in [0.5, 0.6) is 11.5 Å². The van der Waals surface area contributed by atoms with E-state index in [9.17, 15) is 9.59 Å². The van der Waals surface area contributed by atoms with Gasteiger partial charge in [0.1, 0.15) is 11.5 Å². The van der Waals surface area contributed by atoms with Crippen molar-refractivity contribution in [1.29, 1.82) is 0 Å². The number of hydrogen-bond acceptors (Lipinski definition) is 6. The summed E-state index contributed by atoms with van der Waals surface area (Å²) in [7, 11) is 1.63. The molecular formula is C30H26IN3O4S. The normalized spacial score (nSPS) is 15.0. The summed E-state index contributed by atoms with van der Waals surface area (Å²) in [6, 6.07) is 21.9. The number of allylic oxidation sites excluding steroid dienone is 1. The lowest BCUT2D eigenvalue weighted by Gasteiger charge is -2.25. The van der Waals surface area contributed by atoms with Crippen LogP contribution in [-0.4, -0.2) is 24.2 Å². The quantitative estimate of drug-likeness (QED) is 0.289. The van der Waals surface area contributed by atoms with Crippen LogP contribution in [-0.2, 0) is 4.79 Å². The highest BCUT2D eigenvalue weighted by Crippen LogP contribution is 2.32. The third-order valence-electron chi connectivity index (χ3n) is 6.28. The number of aromatic nitrogens is 1. The smallest absolute Gasteiger partial charge is 0.271 e. The second kappa shape index (κ2) is 11.6. The van der Waals surface area contributed by atoms with Crippen molar-refractivity contribution in [2.75, 3.05) is 19.0 Å². The van der Waals surface area contributed by atoms with Crippen LogP contribution in [0, 0.1) is 3.57 Å². The van der Waals surface area contributed by atoms with Crippen LogP contribution in [0.4, 0.5) is 5.69 Å². The second-order valence-corrected chi connectivity index (χ2v) is 11.0. The molecule has 198 valence electrons. The highest BCUT2D eigenvalue weighted by molar-refractivity contribution is 14.1. The van der Waals surface area contributed by atoms with Crippen molar-refractivity contribution >= 4 is 51.6 Å². The van der Waals surface area contributed by atoms with E-state index in [2.05, 4.69) is 27.9 Å². The number of nitrogens with zero attached hydrogens (tertiary/aromatic N) is 2. The van der Waals surface area contributed by atoms with Crippen molar-refractivity contribution in [1.82, 2.24) is 4.57 Å². The predicted molar refractivity (Wildman–Crippen MR) is 162 cm³/mol. The number of hydrogen-bond donors (Lipinski definition) is 1. The Kier molecular flexibility index (Phi) is 7.99. The first-order chi connectivity index (χ1) is 18.9. The van der Waals surface area contributed by atoms with Crippen molar-refractivity contribution in [3.05, 3.63) is 118 Å². The number of ether oxygens (including phenoxy) is 2. The van der Waals surface area contributed by atoms with Gasteiger partial charge in [-0.15, -0.1) is 0 Å². The molecule has 0 fully saturated rings. The number of halogens is 1. The fourth-order valence-electron chi connectivity index (χ4n) is 4.48. The number of rotatable bonds is 7. The van der Waals surface area contributed by atoms with Crippen molar-refractivity contribution in [3.63, 3.8) is 0 Å². The van der Waals surface area contributed by atoms with Gasteiger partial charge in [0.25, 0.3) is 11.5 Å². The van der Waals surface area contributed by atoms with Gasteiger partial charge in [0.2, 0.25) is 0 Å². The number of anilines is 1. The topological polar surface area (TPSA) is 81.9 Å². The van der Waals surface area contributed by atoms with Gasteiger partial charge in [-0.1, -0.05) is 47.7 Å². The van der Waals surface area contributed by atoms with Crippen LogP contribution in [0.2, 0.25) is 0 Å². The number of carbonyl (C=O) groups is 1. The summed E-state index contributed by atoms with van der Waals surface area (Å²) in [5.74, 6) is 1.19. The van der Waals surface area contributed by atoms with E-state index in [1.54, 1.807) is 11.7 Å². The molecule has 7 nitrogen and oxygen atoms in total. The SMILES string of the molecule is CCOc1ccc([C@H]2C(C(=O)Nc3ccccc3)=C(C)N=c3s/c(=C/c4ccc(OC)c(I)c4)c(=O)n32)cc1. The molecule has 0 spiro atoms. The summed E-state index contributed by atoms with van der Waals surface area (Å²) in [4.78, 5) is 32.8. The molecule has 0 saturated carbocycles. The number of thiazole rings is 1. The van der Waals surface area contributed by atoms with Crippen molar-refractivity contribution in [3.8, 4) is 11.5 Å². The lowest BCUT2D eigenvalue weighted by atomic mass is 9.95. The zero-order valence-corrected chi connectivity index (χ0v) is 24.6. The van der Waals surface area contributed by atoms with Gasteiger partial charge < -0.3 is 14.8 Å². The maximum atomic E-state index is 13.9. The van der Waals surface area contributed by atoms with Crippen molar-refractivity contribution < 1.29 is 14.3 Å². The number of carbonyl (C=O) groups excluding carboxylic acids is 1. The van der Waals surface area contributed by atoms with Crippen LogP contribution >= 0.6 is 33.9 Å². The molecule has 0 unspecified atom stereocenters. The monoisotopic (exact) mass is 651 g/mol. The maximum Gasteiger partial charge on any atom is 0.271 e. The van der Waals surface area contributed by atoms with E-state index in [-0.39, 0.29) is 11.5 Å². The molecule has 0 saturated heterocycles. The summed E-state index contributed by atoms with van der Waals surface area (Å²) in [6.45, 7) is 4.28. The predicted octanol–water partition coefficient (Wildman–Crippen LogP) is 4.89. The van der Waals surface area contributed by atoms with Crippen LogP contribution in [0.25, 0.3) is 6.08 Å². The molecule has 1 aromatic heterocycles. The first-order valence-corrected chi connectivity index (χ1v) is 14.2. The summed E-state index contributed by atoms with van der Waals surface area (Å²) in [5.41, 5.74) is 3.11. The highest BCUT2D eigenvalue weighted by Gasteiger charge is 2.32. The third kappa shape index (κ3) is 5.55. The third-order valence-corrected chi connectivity index (χ3v) is 8.10. The molecule has 1 aliphatic rings. The molecule has 1 N–H and O–H groups in total. The van der Waals surface area contributed by atoms with Gasteiger partial charge in [-0.25, -0.2) is 4.99 Å². The standard InChI is InChI=1S/C30H26IN3O4S/c1-4-38-22-13-11-20(12-14-22)27-26(28(35)33-21-8-6-5-7-9-21)18(2)32-30-34(27)29(36)25(39-30)17-19-10-15-24(37-3)23(31)16-19/h5-17,27H,4H2,1-3H3,(H,33,35)/b25-17+/t27-/m0/s1. The van der Waals surface area contributed by atoms with Crippen molar-refractivity contribution in [2.45, 2.75) is 19.9 Å². The summed E-state index contributed by atoms with van der Waals surface area (Å²) in [6.07, 6.45) is 1.85. The molecular weight excluding hydrogens is 625 g/mol. The van der Waals surface area contributed by atoms with Crippen LogP contribution in [0.15, 0.2) is 93.9 Å². The lowest BCUT2D eigenvalue weighted by molar-refractivity contribution is -0.113. The number of nitrogens with one attached hydrogen (secondary N) is 1. The Balaban J connectivity index is 1.65. The van der Waals surface area contributed by atoms with E-state index in [1.807, 2.05) is 92.7 Å². The fraction of sp³-hybridized carbons (Fsp3) is 0.167. The number of methoxy groups -OCH3 is 1. The van der Waals surface area contributed by atoms with E-state index < -0.39 is 6.04 Å². The molecule has 9 heteroatoms. The molecule has 0 aliphatic carbocycles. The molecule has 5 rings (SSSR count). The largest absolute Gasteiger partial charge is 0.496 e. The van der Waals surface area contributed by atoms with Gasteiger partial charge in [-0.05, 0) is 90.0 Å². The van der Waals surface area contributed by atoms with E-state index in [0.717, 1.165) is 26.2 Å².